The molecule has 0 radical (unpaired) electrons. The Kier molecular flexibility index (Phi) is 8.79. The van der Waals surface area contributed by atoms with Crippen molar-refractivity contribution in [2.45, 2.75) is 78.9 Å². The summed E-state index contributed by atoms with van der Waals surface area (Å²) in [6.07, 6.45) is 0. The van der Waals surface area contributed by atoms with Gasteiger partial charge in [-0.15, -0.1) is 5.54 Å². The number of methoxy groups -OCH3 is 1. The minimum atomic E-state index is -1.92. The summed E-state index contributed by atoms with van der Waals surface area (Å²) in [6.45, 7) is 19.5. The molecule has 33 heavy (non-hydrogen) atoms. The first-order valence-electron chi connectivity index (χ1n) is 11.8. The van der Waals surface area contributed by atoms with Crippen LogP contribution in [0.1, 0.15) is 67.9 Å². The van der Waals surface area contributed by atoms with E-state index in [-0.39, 0.29) is 12.8 Å². The molecule has 5 heteroatoms. The fourth-order valence-corrected chi connectivity index (χ4v) is 9.84. The lowest BCUT2D eigenvalue weighted by atomic mass is 9.97. The molecule has 0 N–H and O–H groups in total. The molecule has 0 fully saturated rings. The fraction of sp³-hybridized carbons (Fsp3) is 0.536. The Bertz CT molecular complexity index is 1010. The summed E-state index contributed by atoms with van der Waals surface area (Å²) >= 11 is 0. The highest BCUT2D eigenvalue weighted by molar-refractivity contribution is 6.90. The number of ether oxygens (including phenoxy) is 3. The monoisotopic (exact) mass is 468 g/mol. The van der Waals surface area contributed by atoms with E-state index in [1.165, 1.54) is 0 Å². The summed E-state index contributed by atoms with van der Waals surface area (Å²) in [5.74, 6) is 4.29. The molecule has 2 aromatic rings. The summed E-state index contributed by atoms with van der Waals surface area (Å²) in [4.78, 5) is 12.8. The van der Waals surface area contributed by atoms with Crippen LogP contribution < -0.4 is 9.47 Å². The van der Waals surface area contributed by atoms with Crippen LogP contribution in [-0.2, 0) is 9.53 Å². The van der Waals surface area contributed by atoms with E-state index in [9.17, 15) is 4.79 Å². The number of rotatable bonds is 7. The van der Waals surface area contributed by atoms with E-state index < -0.39 is 13.5 Å². The molecule has 0 amide bonds. The van der Waals surface area contributed by atoms with E-state index in [1.54, 1.807) is 13.2 Å². The Morgan fingerprint density at radius 2 is 1.61 bits per heavy atom. The maximum absolute atomic E-state index is 12.8. The van der Waals surface area contributed by atoms with Crippen LogP contribution in [0.15, 0.2) is 30.3 Å². The highest BCUT2D eigenvalue weighted by Crippen LogP contribution is 2.41. The smallest absolute Gasteiger partial charge is 0.316 e. The van der Waals surface area contributed by atoms with Crippen LogP contribution in [0.2, 0.25) is 16.6 Å². The standard InChI is InChI=1S/C28H40O4Si/c1-19(2)33(20(3)4,21(5)6)15-14-22-12-11-13-23-16-24(31-18-30-10)17-25(26(22)23)32-27(29)28(7,8)9/h11-13,16-17,19-21H,18H2,1-10H3. The minimum absolute atomic E-state index is 0.114. The molecule has 4 nitrogen and oxygen atoms in total. The number of benzene rings is 2. The summed E-state index contributed by atoms with van der Waals surface area (Å²) in [6, 6.07) is 9.69. The van der Waals surface area contributed by atoms with Gasteiger partial charge in [-0.25, -0.2) is 0 Å². The minimum Gasteiger partial charge on any atom is -0.467 e. The summed E-state index contributed by atoms with van der Waals surface area (Å²) in [5.41, 5.74) is 5.64. The van der Waals surface area contributed by atoms with E-state index in [4.69, 9.17) is 14.2 Å². The summed E-state index contributed by atoms with van der Waals surface area (Å²) < 4.78 is 16.6. The van der Waals surface area contributed by atoms with Gasteiger partial charge < -0.3 is 14.2 Å². The molecule has 2 aromatic carbocycles. The number of hydrogen-bond acceptors (Lipinski definition) is 4. The fourth-order valence-electron chi connectivity index (χ4n) is 4.62. The van der Waals surface area contributed by atoms with Gasteiger partial charge in [-0.05, 0) is 54.9 Å². The van der Waals surface area contributed by atoms with Gasteiger partial charge in [0.2, 0.25) is 0 Å². The SMILES string of the molecule is COCOc1cc(OC(=O)C(C)(C)C)c2c(C#C[Si](C(C)C)(C(C)C)C(C)C)cccc2c1. The Balaban J connectivity index is 2.75. The van der Waals surface area contributed by atoms with Crippen molar-refractivity contribution in [1.29, 1.82) is 0 Å². The second-order valence-corrected chi connectivity index (χ2v) is 16.2. The van der Waals surface area contributed by atoms with Gasteiger partial charge in [0.25, 0.3) is 0 Å². The molecular weight excluding hydrogens is 428 g/mol. The van der Waals surface area contributed by atoms with E-state index >= 15 is 0 Å². The lowest BCUT2D eigenvalue weighted by molar-refractivity contribution is -0.142. The molecule has 0 saturated carbocycles. The number of carbonyl (C=O) groups excluding carboxylic acids is 1. The molecule has 2 rings (SSSR count). The molecule has 0 aliphatic rings. The Labute approximate surface area is 201 Å². The van der Waals surface area contributed by atoms with Gasteiger partial charge in [-0.3, -0.25) is 4.79 Å². The molecule has 0 aromatic heterocycles. The second kappa shape index (κ2) is 10.8. The molecular formula is C28H40O4Si. The van der Waals surface area contributed by atoms with Crippen molar-refractivity contribution in [3.05, 3.63) is 35.9 Å². The highest BCUT2D eigenvalue weighted by atomic mass is 28.3. The maximum atomic E-state index is 12.8. The summed E-state index contributed by atoms with van der Waals surface area (Å²) in [5, 5.41) is 1.75. The van der Waals surface area contributed by atoms with Gasteiger partial charge in [-0.1, -0.05) is 59.6 Å². The number of fused-ring (bicyclic) bond motifs is 1. The molecule has 0 saturated heterocycles. The van der Waals surface area contributed by atoms with Crippen molar-refractivity contribution in [3.8, 4) is 23.0 Å². The van der Waals surface area contributed by atoms with Crippen LogP contribution in [0.25, 0.3) is 10.8 Å². The zero-order valence-corrected chi connectivity index (χ0v) is 23.0. The van der Waals surface area contributed by atoms with Gasteiger partial charge in [-0.2, -0.15) is 0 Å². The van der Waals surface area contributed by atoms with Crippen molar-refractivity contribution >= 4 is 24.8 Å². The first-order valence-corrected chi connectivity index (χ1v) is 14.0. The Morgan fingerprint density at radius 1 is 1.00 bits per heavy atom. The van der Waals surface area contributed by atoms with Crippen LogP contribution in [0.5, 0.6) is 11.5 Å². The largest absolute Gasteiger partial charge is 0.467 e. The number of hydrogen-bond donors (Lipinski definition) is 0. The van der Waals surface area contributed by atoms with Crippen molar-refractivity contribution in [2.75, 3.05) is 13.9 Å². The molecule has 0 unspecified atom stereocenters. The van der Waals surface area contributed by atoms with E-state index in [0.717, 1.165) is 16.3 Å². The van der Waals surface area contributed by atoms with Crippen LogP contribution in [-0.4, -0.2) is 27.9 Å². The molecule has 0 bridgehead atoms. The average molecular weight is 469 g/mol. The molecule has 0 aliphatic carbocycles. The third kappa shape index (κ3) is 5.99. The van der Waals surface area contributed by atoms with Crippen molar-refractivity contribution in [1.82, 2.24) is 0 Å². The summed E-state index contributed by atoms with van der Waals surface area (Å²) in [7, 11) is -0.343. The van der Waals surface area contributed by atoms with Crippen LogP contribution >= 0.6 is 0 Å². The van der Waals surface area contributed by atoms with Crippen LogP contribution in [0, 0.1) is 16.9 Å². The number of carbonyl (C=O) groups is 1. The van der Waals surface area contributed by atoms with Crippen LogP contribution in [0.3, 0.4) is 0 Å². The lowest BCUT2D eigenvalue weighted by Gasteiger charge is -2.38. The molecule has 180 valence electrons. The molecule has 0 spiro atoms. The third-order valence-electron chi connectivity index (χ3n) is 6.35. The molecule has 0 atom stereocenters. The zero-order chi connectivity index (χ0) is 25.0. The van der Waals surface area contributed by atoms with Crippen LogP contribution in [0.4, 0.5) is 0 Å². The van der Waals surface area contributed by atoms with E-state index in [2.05, 4.69) is 53.0 Å². The lowest BCUT2D eigenvalue weighted by Crippen LogP contribution is -2.43. The topological polar surface area (TPSA) is 44.8 Å². The predicted molar refractivity (Wildman–Crippen MR) is 139 cm³/mol. The van der Waals surface area contributed by atoms with Gasteiger partial charge >= 0.3 is 5.97 Å². The van der Waals surface area contributed by atoms with Gasteiger partial charge in [0, 0.05) is 24.1 Å². The quantitative estimate of drug-likeness (QED) is 0.140. The Hall–Kier alpha value is -2.29. The van der Waals surface area contributed by atoms with Crippen molar-refractivity contribution in [2.24, 2.45) is 5.41 Å². The van der Waals surface area contributed by atoms with Crippen molar-refractivity contribution in [3.63, 3.8) is 0 Å². The highest BCUT2D eigenvalue weighted by Gasteiger charge is 2.41. The van der Waals surface area contributed by atoms with Gasteiger partial charge in [0.05, 0.1) is 5.41 Å². The molecule has 0 heterocycles. The van der Waals surface area contributed by atoms with E-state index in [0.29, 0.717) is 28.1 Å². The zero-order valence-electron chi connectivity index (χ0n) is 22.0. The third-order valence-corrected chi connectivity index (χ3v) is 12.6. The van der Waals surface area contributed by atoms with Gasteiger partial charge in [0.15, 0.2) is 6.79 Å². The van der Waals surface area contributed by atoms with E-state index in [1.807, 2.05) is 45.0 Å². The number of esters is 1. The second-order valence-electron chi connectivity index (χ2n) is 10.7. The first-order chi connectivity index (χ1) is 15.3. The average Bonchev–Trinajstić information content (AvgIpc) is 2.71. The van der Waals surface area contributed by atoms with Gasteiger partial charge in [0.1, 0.15) is 19.6 Å². The van der Waals surface area contributed by atoms with Crippen molar-refractivity contribution < 1.29 is 19.0 Å². The Morgan fingerprint density at radius 3 is 2.12 bits per heavy atom. The molecule has 0 aliphatic heterocycles. The maximum Gasteiger partial charge on any atom is 0.316 e. The first kappa shape index (κ1) is 27.0. The predicted octanol–water partition coefficient (Wildman–Crippen LogP) is 7.34. The normalized spacial score (nSPS) is 12.3.